The van der Waals surface area contributed by atoms with Crippen molar-refractivity contribution < 1.29 is 14.2 Å². The highest BCUT2D eigenvalue weighted by Crippen LogP contribution is 2.28. The predicted molar refractivity (Wildman–Crippen MR) is 67.7 cm³/mol. The van der Waals surface area contributed by atoms with Crippen molar-refractivity contribution in [1.82, 2.24) is 0 Å². The minimum Gasteiger partial charge on any atom is -0.493 e. The molecule has 2 N–H and O–H groups in total. The van der Waals surface area contributed by atoms with Crippen molar-refractivity contribution in [2.75, 3.05) is 27.4 Å². The van der Waals surface area contributed by atoms with Gasteiger partial charge in [-0.25, -0.2) is 0 Å². The average Bonchev–Trinajstić information content (AvgIpc) is 2.30. The van der Waals surface area contributed by atoms with Crippen LogP contribution in [0.3, 0.4) is 0 Å². The summed E-state index contributed by atoms with van der Waals surface area (Å²) in [6.45, 7) is 3.06. The zero-order valence-corrected chi connectivity index (χ0v) is 10.7. The predicted octanol–water partition coefficient (Wildman–Crippen LogP) is 1.61. The van der Waals surface area contributed by atoms with E-state index < -0.39 is 0 Å². The molecule has 0 fully saturated rings. The van der Waals surface area contributed by atoms with E-state index in [1.165, 1.54) is 0 Å². The molecule has 17 heavy (non-hydrogen) atoms. The molecule has 0 saturated heterocycles. The standard InChI is InChI=1S/C13H21NO3/c1-10(14)8-11-4-5-12(13(9-11)16-3)17-7-6-15-2/h4-5,9-10H,6-8,14H2,1-3H3. The van der Waals surface area contributed by atoms with Gasteiger partial charge in [0.2, 0.25) is 0 Å². The molecule has 96 valence electrons. The summed E-state index contributed by atoms with van der Waals surface area (Å²) in [5.41, 5.74) is 6.91. The average molecular weight is 239 g/mol. The Bertz CT molecular complexity index is 339. The summed E-state index contributed by atoms with van der Waals surface area (Å²) in [7, 11) is 3.28. The molecule has 0 aromatic heterocycles. The zero-order valence-electron chi connectivity index (χ0n) is 10.7. The molecule has 4 heteroatoms. The van der Waals surface area contributed by atoms with Gasteiger partial charge in [-0.15, -0.1) is 0 Å². The minimum atomic E-state index is 0.139. The smallest absolute Gasteiger partial charge is 0.161 e. The number of methoxy groups -OCH3 is 2. The molecule has 0 radical (unpaired) electrons. The number of hydrogen-bond acceptors (Lipinski definition) is 4. The second-order valence-electron chi connectivity index (χ2n) is 4.01. The van der Waals surface area contributed by atoms with E-state index in [2.05, 4.69) is 0 Å². The van der Waals surface area contributed by atoms with Crippen LogP contribution in [-0.4, -0.2) is 33.5 Å². The summed E-state index contributed by atoms with van der Waals surface area (Å²) in [6.07, 6.45) is 0.828. The zero-order chi connectivity index (χ0) is 12.7. The molecule has 0 aliphatic rings. The second kappa shape index (κ2) is 7.14. The molecule has 0 amide bonds. The largest absolute Gasteiger partial charge is 0.493 e. The first kappa shape index (κ1) is 13.8. The Labute approximate surface area is 103 Å². The highest BCUT2D eigenvalue weighted by atomic mass is 16.5. The van der Waals surface area contributed by atoms with Crippen LogP contribution in [0.4, 0.5) is 0 Å². The molecule has 1 aromatic carbocycles. The van der Waals surface area contributed by atoms with E-state index >= 15 is 0 Å². The van der Waals surface area contributed by atoms with Crippen molar-refractivity contribution in [3.8, 4) is 11.5 Å². The third-order valence-corrected chi connectivity index (χ3v) is 2.33. The summed E-state index contributed by atoms with van der Waals surface area (Å²) in [6, 6.07) is 6.02. The maximum atomic E-state index is 5.76. The lowest BCUT2D eigenvalue weighted by atomic mass is 10.1. The van der Waals surface area contributed by atoms with Crippen molar-refractivity contribution in [1.29, 1.82) is 0 Å². The van der Waals surface area contributed by atoms with Crippen LogP contribution < -0.4 is 15.2 Å². The maximum absolute atomic E-state index is 5.76. The van der Waals surface area contributed by atoms with Crippen LogP contribution in [0.15, 0.2) is 18.2 Å². The van der Waals surface area contributed by atoms with Crippen molar-refractivity contribution in [3.63, 3.8) is 0 Å². The first-order valence-electron chi connectivity index (χ1n) is 5.71. The number of ether oxygens (including phenoxy) is 3. The highest BCUT2D eigenvalue weighted by Gasteiger charge is 2.06. The van der Waals surface area contributed by atoms with E-state index in [0.29, 0.717) is 13.2 Å². The van der Waals surface area contributed by atoms with Crippen molar-refractivity contribution in [2.45, 2.75) is 19.4 Å². The van der Waals surface area contributed by atoms with Gasteiger partial charge in [0.15, 0.2) is 11.5 Å². The Morgan fingerprint density at radius 2 is 1.94 bits per heavy atom. The normalized spacial score (nSPS) is 12.2. The lowest BCUT2D eigenvalue weighted by Crippen LogP contribution is -2.17. The van der Waals surface area contributed by atoms with Crippen LogP contribution in [0.5, 0.6) is 11.5 Å². The summed E-state index contributed by atoms with van der Waals surface area (Å²) in [5.74, 6) is 1.47. The van der Waals surface area contributed by atoms with Gasteiger partial charge < -0.3 is 19.9 Å². The molecule has 1 unspecified atom stereocenters. The number of benzene rings is 1. The number of hydrogen-bond donors (Lipinski definition) is 1. The van der Waals surface area contributed by atoms with E-state index in [1.54, 1.807) is 14.2 Å². The third-order valence-electron chi connectivity index (χ3n) is 2.33. The van der Waals surface area contributed by atoms with Crippen molar-refractivity contribution in [3.05, 3.63) is 23.8 Å². The number of rotatable bonds is 7. The highest BCUT2D eigenvalue weighted by molar-refractivity contribution is 5.43. The lowest BCUT2D eigenvalue weighted by Gasteiger charge is -2.12. The molecule has 4 nitrogen and oxygen atoms in total. The molecule has 1 rings (SSSR count). The van der Waals surface area contributed by atoms with Crippen LogP contribution in [0.2, 0.25) is 0 Å². The molecule has 0 saturated carbocycles. The molecule has 1 atom stereocenters. The fourth-order valence-corrected chi connectivity index (χ4v) is 1.56. The van der Waals surface area contributed by atoms with Gasteiger partial charge in [0.25, 0.3) is 0 Å². The van der Waals surface area contributed by atoms with Crippen LogP contribution >= 0.6 is 0 Å². The SMILES string of the molecule is COCCOc1ccc(CC(C)N)cc1OC. The maximum Gasteiger partial charge on any atom is 0.161 e. The molecule has 0 aliphatic heterocycles. The topological polar surface area (TPSA) is 53.7 Å². The van der Waals surface area contributed by atoms with E-state index in [-0.39, 0.29) is 6.04 Å². The summed E-state index contributed by atoms with van der Waals surface area (Å²) < 4.78 is 15.8. The van der Waals surface area contributed by atoms with Gasteiger partial charge >= 0.3 is 0 Å². The summed E-state index contributed by atoms with van der Waals surface area (Å²) >= 11 is 0. The molecule has 1 aromatic rings. The number of nitrogens with two attached hydrogens (primary N) is 1. The van der Waals surface area contributed by atoms with Gasteiger partial charge in [-0.05, 0) is 31.0 Å². The van der Waals surface area contributed by atoms with Crippen LogP contribution in [0, 0.1) is 0 Å². The van der Waals surface area contributed by atoms with Gasteiger partial charge in [-0.3, -0.25) is 0 Å². The third kappa shape index (κ3) is 4.63. The first-order valence-corrected chi connectivity index (χ1v) is 5.71. The van der Waals surface area contributed by atoms with E-state index in [1.807, 2.05) is 25.1 Å². The molecule has 0 bridgehead atoms. The summed E-state index contributed by atoms with van der Waals surface area (Å²) in [4.78, 5) is 0. The summed E-state index contributed by atoms with van der Waals surface area (Å²) in [5, 5.41) is 0. The van der Waals surface area contributed by atoms with Crippen molar-refractivity contribution in [2.24, 2.45) is 5.73 Å². The van der Waals surface area contributed by atoms with Gasteiger partial charge in [0.1, 0.15) is 6.61 Å². The second-order valence-corrected chi connectivity index (χ2v) is 4.01. The Balaban J connectivity index is 2.71. The lowest BCUT2D eigenvalue weighted by molar-refractivity contribution is 0.144. The minimum absolute atomic E-state index is 0.139. The molecular formula is C13H21NO3. The first-order chi connectivity index (χ1) is 8.17. The molecule has 0 heterocycles. The Morgan fingerprint density at radius 3 is 2.53 bits per heavy atom. The van der Waals surface area contributed by atoms with Crippen LogP contribution in [0.25, 0.3) is 0 Å². The monoisotopic (exact) mass is 239 g/mol. The van der Waals surface area contributed by atoms with E-state index in [0.717, 1.165) is 23.5 Å². The van der Waals surface area contributed by atoms with Gasteiger partial charge in [0, 0.05) is 13.2 Å². The molecule has 0 spiro atoms. The van der Waals surface area contributed by atoms with Gasteiger partial charge in [-0.1, -0.05) is 6.07 Å². The Kier molecular flexibility index (Phi) is 5.80. The Hall–Kier alpha value is -1.26. The molecule has 0 aliphatic carbocycles. The van der Waals surface area contributed by atoms with Crippen molar-refractivity contribution >= 4 is 0 Å². The van der Waals surface area contributed by atoms with Crippen LogP contribution in [-0.2, 0) is 11.2 Å². The molecular weight excluding hydrogens is 218 g/mol. The van der Waals surface area contributed by atoms with E-state index in [4.69, 9.17) is 19.9 Å². The fourth-order valence-electron chi connectivity index (χ4n) is 1.56. The van der Waals surface area contributed by atoms with Crippen LogP contribution in [0.1, 0.15) is 12.5 Å². The fraction of sp³-hybridized carbons (Fsp3) is 0.538. The van der Waals surface area contributed by atoms with Gasteiger partial charge in [-0.2, -0.15) is 0 Å². The quantitative estimate of drug-likeness (QED) is 0.734. The van der Waals surface area contributed by atoms with Gasteiger partial charge in [0.05, 0.1) is 13.7 Å². The van der Waals surface area contributed by atoms with E-state index in [9.17, 15) is 0 Å². The Morgan fingerprint density at radius 1 is 1.18 bits per heavy atom.